The van der Waals surface area contributed by atoms with Crippen molar-refractivity contribution in [2.45, 2.75) is 39.3 Å². The van der Waals surface area contributed by atoms with Crippen LogP contribution in [0, 0.1) is 0 Å². The second kappa shape index (κ2) is 12.1. The van der Waals surface area contributed by atoms with Gasteiger partial charge >= 0.3 is 11.9 Å². The van der Waals surface area contributed by atoms with Crippen LogP contribution < -0.4 is 9.80 Å². The minimum Gasteiger partial charge on any atom is -0.481 e. The van der Waals surface area contributed by atoms with Gasteiger partial charge < -0.3 is 19.6 Å². The quantitative estimate of drug-likeness (QED) is 0.246. The molecule has 0 spiro atoms. The largest absolute Gasteiger partial charge is 0.481 e. The Morgan fingerprint density at radius 3 is 1.60 bits per heavy atom. The molecule has 0 atom stereocenters. The Balaban J connectivity index is 0.000000162. The van der Waals surface area contributed by atoms with E-state index in [2.05, 4.69) is 59.3 Å². The lowest BCUT2D eigenvalue weighted by Crippen LogP contribution is -2.15. The van der Waals surface area contributed by atoms with Crippen LogP contribution in [-0.4, -0.2) is 37.7 Å². The van der Waals surface area contributed by atoms with Crippen LogP contribution in [0.15, 0.2) is 105 Å². The average molecular weight is 571 g/mol. The first-order valence-electron chi connectivity index (χ1n) is 13.0. The summed E-state index contributed by atoms with van der Waals surface area (Å²) in [5.74, 6) is -0.976. The summed E-state index contributed by atoms with van der Waals surface area (Å²) < 4.78 is 5.02. The number of ether oxygens (including phenoxy) is 1. The summed E-state index contributed by atoms with van der Waals surface area (Å²) in [4.78, 5) is 31.6. The minimum atomic E-state index is -0.800. The molecule has 0 saturated carbocycles. The summed E-state index contributed by atoms with van der Waals surface area (Å²) in [6.45, 7) is 2.25. The van der Waals surface area contributed by atoms with Gasteiger partial charge in [0.15, 0.2) is 0 Å². The molecule has 40 heavy (non-hydrogen) atoms. The third-order valence-corrected chi connectivity index (χ3v) is 8.93. The van der Waals surface area contributed by atoms with Crippen molar-refractivity contribution >= 4 is 58.2 Å². The minimum absolute atomic E-state index is 0.0629. The van der Waals surface area contributed by atoms with Crippen LogP contribution in [0.4, 0.5) is 22.7 Å². The van der Waals surface area contributed by atoms with E-state index < -0.39 is 5.97 Å². The van der Waals surface area contributed by atoms with E-state index in [1.165, 1.54) is 20.4 Å². The lowest BCUT2D eigenvalue weighted by molar-refractivity contribution is -0.142. The van der Waals surface area contributed by atoms with E-state index in [-0.39, 0.29) is 12.4 Å². The highest BCUT2D eigenvalue weighted by Gasteiger charge is 2.22. The summed E-state index contributed by atoms with van der Waals surface area (Å²) in [5.41, 5.74) is 6.39. The normalized spacial score (nSPS) is 12.7. The maximum absolute atomic E-state index is 11.6. The molecule has 0 aliphatic carbocycles. The van der Waals surface area contributed by atoms with Crippen molar-refractivity contribution in [2.75, 3.05) is 30.5 Å². The number of fused-ring (bicyclic) bond motifs is 4. The van der Waals surface area contributed by atoms with Crippen LogP contribution in [0.5, 0.6) is 0 Å². The highest BCUT2D eigenvalue weighted by Crippen LogP contribution is 2.48. The lowest BCUT2D eigenvalue weighted by atomic mass is 10.1. The van der Waals surface area contributed by atoms with Crippen molar-refractivity contribution in [3.63, 3.8) is 0 Å². The van der Waals surface area contributed by atoms with E-state index in [1.54, 1.807) is 23.5 Å². The van der Waals surface area contributed by atoms with Crippen molar-refractivity contribution in [3.8, 4) is 0 Å². The van der Waals surface area contributed by atoms with Crippen molar-refractivity contribution in [1.82, 2.24) is 0 Å². The number of aliphatic carboxylic acids is 1. The SMILES string of the molecule is CCOC(=O)Cc1ccc2c(c1)N(C)c1ccccc1S2.CN1c2ccccc2Sc2ccc(CC(=O)O)cc21. The second-order valence-electron chi connectivity index (χ2n) is 9.41. The molecule has 2 aliphatic rings. The van der Waals surface area contributed by atoms with Crippen molar-refractivity contribution in [1.29, 1.82) is 0 Å². The third-order valence-electron chi connectivity index (χ3n) is 6.67. The maximum Gasteiger partial charge on any atom is 0.310 e. The van der Waals surface area contributed by atoms with Gasteiger partial charge in [0.05, 0.1) is 42.2 Å². The fourth-order valence-electron chi connectivity index (χ4n) is 4.73. The Morgan fingerprint density at radius 1 is 0.675 bits per heavy atom. The first-order chi connectivity index (χ1) is 19.3. The number of benzene rings is 4. The smallest absolute Gasteiger partial charge is 0.310 e. The molecule has 4 aromatic carbocycles. The molecular weight excluding hydrogens is 540 g/mol. The van der Waals surface area contributed by atoms with Crippen molar-refractivity contribution in [3.05, 3.63) is 96.1 Å². The number of esters is 1. The van der Waals surface area contributed by atoms with Crippen LogP contribution in [0.3, 0.4) is 0 Å². The first kappa shape index (κ1) is 27.7. The summed E-state index contributed by atoms with van der Waals surface area (Å²) in [7, 11) is 4.08. The molecule has 0 amide bonds. The number of rotatable bonds is 5. The van der Waals surface area contributed by atoms with Crippen LogP contribution in [0.25, 0.3) is 0 Å². The van der Waals surface area contributed by atoms with Gasteiger partial charge in [0, 0.05) is 33.7 Å². The van der Waals surface area contributed by atoms with E-state index in [1.807, 2.05) is 56.4 Å². The summed E-state index contributed by atoms with van der Waals surface area (Å²) in [6, 6.07) is 28.6. The summed E-state index contributed by atoms with van der Waals surface area (Å²) in [5, 5.41) is 8.88. The van der Waals surface area contributed by atoms with Crippen molar-refractivity contribution < 1.29 is 19.4 Å². The molecule has 2 heterocycles. The fraction of sp³-hybridized carbons (Fsp3) is 0.188. The molecule has 204 valence electrons. The number of hydrogen-bond acceptors (Lipinski definition) is 7. The van der Waals surface area contributed by atoms with E-state index in [0.717, 1.165) is 33.1 Å². The van der Waals surface area contributed by atoms with E-state index in [0.29, 0.717) is 13.0 Å². The zero-order chi connectivity index (χ0) is 28.2. The zero-order valence-corrected chi connectivity index (χ0v) is 24.2. The third kappa shape index (κ3) is 5.98. The Bertz CT molecular complexity index is 1570. The lowest BCUT2D eigenvalue weighted by Gasteiger charge is -2.29. The topological polar surface area (TPSA) is 70.1 Å². The van der Waals surface area contributed by atoms with Gasteiger partial charge in [-0.15, -0.1) is 0 Å². The predicted molar refractivity (Wildman–Crippen MR) is 162 cm³/mol. The Kier molecular flexibility index (Phi) is 8.38. The fourth-order valence-corrected chi connectivity index (χ4v) is 6.99. The van der Waals surface area contributed by atoms with Crippen LogP contribution >= 0.6 is 23.5 Å². The Labute approximate surface area is 243 Å². The molecule has 2 aliphatic heterocycles. The zero-order valence-electron chi connectivity index (χ0n) is 22.6. The van der Waals surface area contributed by atoms with Gasteiger partial charge in [-0.05, 0) is 66.6 Å². The number of carbonyl (C=O) groups excluding carboxylic acids is 1. The predicted octanol–water partition coefficient (Wildman–Crippen LogP) is 7.57. The van der Waals surface area contributed by atoms with Gasteiger partial charge in [0.1, 0.15) is 0 Å². The van der Waals surface area contributed by atoms with E-state index in [9.17, 15) is 9.59 Å². The number of carbonyl (C=O) groups is 2. The molecule has 0 aromatic heterocycles. The molecule has 0 saturated heterocycles. The standard InChI is InChI=1S/C17H17NO2S.C15H13NO2S/c1-3-20-17(19)11-12-8-9-16-14(10-12)18(2)13-6-4-5-7-15(13)21-16;1-16-11-4-2-3-5-13(11)19-14-7-6-10(8-12(14)16)9-15(17)18/h4-10H,3,11H2,1-2H3;2-8H,9H2,1H3,(H,17,18). The van der Waals surface area contributed by atoms with E-state index in [4.69, 9.17) is 9.84 Å². The van der Waals surface area contributed by atoms with Crippen LogP contribution in [0.1, 0.15) is 18.1 Å². The number of nitrogens with zero attached hydrogens (tertiary/aromatic N) is 2. The van der Waals surface area contributed by atoms with Gasteiger partial charge in [-0.2, -0.15) is 0 Å². The van der Waals surface area contributed by atoms with Gasteiger partial charge in [-0.25, -0.2) is 0 Å². The van der Waals surface area contributed by atoms with Gasteiger partial charge in [-0.3, -0.25) is 9.59 Å². The highest BCUT2D eigenvalue weighted by molar-refractivity contribution is 8.00. The van der Waals surface area contributed by atoms with E-state index >= 15 is 0 Å². The number of carboxylic acids is 1. The van der Waals surface area contributed by atoms with Crippen LogP contribution in [0.2, 0.25) is 0 Å². The molecule has 0 fully saturated rings. The first-order valence-corrected chi connectivity index (χ1v) is 14.6. The van der Waals surface area contributed by atoms with Crippen molar-refractivity contribution in [2.24, 2.45) is 0 Å². The molecule has 0 radical (unpaired) electrons. The van der Waals surface area contributed by atoms with Crippen LogP contribution in [-0.2, 0) is 27.2 Å². The molecule has 4 aromatic rings. The molecule has 1 N–H and O–H groups in total. The second-order valence-corrected chi connectivity index (χ2v) is 11.6. The molecule has 6 rings (SSSR count). The monoisotopic (exact) mass is 570 g/mol. The summed E-state index contributed by atoms with van der Waals surface area (Å²) >= 11 is 3.49. The average Bonchev–Trinajstić information content (AvgIpc) is 2.94. The molecule has 0 bridgehead atoms. The van der Waals surface area contributed by atoms with Gasteiger partial charge in [-0.1, -0.05) is 59.9 Å². The number of carboxylic acid groups (broad SMARTS) is 1. The van der Waals surface area contributed by atoms with Gasteiger partial charge in [0.2, 0.25) is 0 Å². The Morgan fingerprint density at radius 2 is 1.12 bits per heavy atom. The molecule has 6 nitrogen and oxygen atoms in total. The van der Waals surface area contributed by atoms with Gasteiger partial charge in [0.25, 0.3) is 0 Å². The Hall–Kier alpha value is -3.88. The maximum atomic E-state index is 11.6. The number of hydrogen-bond donors (Lipinski definition) is 1. The number of anilines is 4. The molecule has 8 heteroatoms. The molecular formula is C32H30N2O4S2. The summed E-state index contributed by atoms with van der Waals surface area (Å²) in [6.07, 6.45) is 0.384. The number of para-hydroxylation sites is 2. The molecule has 0 unspecified atom stereocenters. The highest BCUT2D eigenvalue weighted by atomic mass is 32.2.